The van der Waals surface area contributed by atoms with Gasteiger partial charge >= 0.3 is 0 Å². The van der Waals surface area contributed by atoms with Gasteiger partial charge in [0.2, 0.25) is 0 Å². The Hall–Kier alpha value is -1.18. The molecule has 0 bridgehead atoms. The van der Waals surface area contributed by atoms with E-state index in [2.05, 4.69) is 30.1 Å². The molecule has 21 heavy (non-hydrogen) atoms. The van der Waals surface area contributed by atoms with Gasteiger partial charge in [0.05, 0.1) is 11.3 Å². The van der Waals surface area contributed by atoms with Gasteiger partial charge in [-0.1, -0.05) is 19.9 Å². The molecule has 1 aromatic rings. The zero-order chi connectivity index (χ0) is 15.1. The summed E-state index contributed by atoms with van der Waals surface area (Å²) in [7, 11) is 0. The lowest BCUT2D eigenvalue weighted by Gasteiger charge is -2.30. The molecule has 0 radical (unpaired) electrons. The SMILES string of the molecule is CCSc1cccc(NCCN2CCC(C)CC2)c1C#N. The number of anilines is 1. The molecule has 1 heterocycles. The van der Waals surface area contributed by atoms with Gasteiger partial charge in [-0.05, 0) is 49.7 Å². The second-order valence-electron chi connectivity index (χ2n) is 5.67. The van der Waals surface area contributed by atoms with Gasteiger partial charge in [0.15, 0.2) is 0 Å². The number of nitrogens with one attached hydrogen (secondary N) is 1. The first kappa shape index (κ1) is 16.2. The van der Waals surface area contributed by atoms with Gasteiger partial charge in [-0.15, -0.1) is 11.8 Å². The first-order valence-electron chi connectivity index (χ1n) is 7.86. The van der Waals surface area contributed by atoms with Crippen LogP contribution in [0.3, 0.4) is 0 Å². The minimum atomic E-state index is 0.789. The molecule has 1 aliphatic heterocycles. The molecule has 4 heteroatoms. The average molecular weight is 303 g/mol. The van der Waals surface area contributed by atoms with Crippen LogP contribution in [0.1, 0.15) is 32.3 Å². The molecule has 2 rings (SSSR count). The predicted octanol–water partition coefficient (Wildman–Crippen LogP) is 3.81. The summed E-state index contributed by atoms with van der Waals surface area (Å²) in [6, 6.07) is 8.42. The summed E-state index contributed by atoms with van der Waals surface area (Å²) in [6.45, 7) is 8.83. The van der Waals surface area contributed by atoms with Crippen LogP contribution in [0.5, 0.6) is 0 Å². The van der Waals surface area contributed by atoms with Crippen LogP contribution in [0.4, 0.5) is 5.69 Å². The highest BCUT2D eigenvalue weighted by Crippen LogP contribution is 2.27. The van der Waals surface area contributed by atoms with Crippen LogP contribution >= 0.6 is 11.8 Å². The van der Waals surface area contributed by atoms with E-state index >= 15 is 0 Å². The van der Waals surface area contributed by atoms with E-state index in [1.165, 1.54) is 25.9 Å². The van der Waals surface area contributed by atoms with Crippen LogP contribution in [-0.4, -0.2) is 36.8 Å². The fourth-order valence-corrected chi connectivity index (χ4v) is 3.49. The Kier molecular flexibility index (Phi) is 6.41. The van der Waals surface area contributed by atoms with Crippen molar-refractivity contribution >= 4 is 17.4 Å². The Morgan fingerprint density at radius 1 is 1.38 bits per heavy atom. The van der Waals surface area contributed by atoms with Gasteiger partial charge in [0.25, 0.3) is 0 Å². The number of benzene rings is 1. The molecular formula is C17H25N3S. The molecule has 0 aromatic heterocycles. The minimum Gasteiger partial charge on any atom is -0.383 e. The largest absolute Gasteiger partial charge is 0.383 e. The Bertz CT molecular complexity index is 487. The van der Waals surface area contributed by atoms with Crippen molar-refractivity contribution in [2.45, 2.75) is 31.6 Å². The number of hydrogen-bond acceptors (Lipinski definition) is 4. The Morgan fingerprint density at radius 2 is 2.14 bits per heavy atom. The topological polar surface area (TPSA) is 39.1 Å². The predicted molar refractivity (Wildman–Crippen MR) is 90.9 cm³/mol. The highest BCUT2D eigenvalue weighted by molar-refractivity contribution is 7.99. The van der Waals surface area contributed by atoms with Crippen LogP contribution in [-0.2, 0) is 0 Å². The molecule has 3 nitrogen and oxygen atoms in total. The first-order valence-corrected chi connectivity index (χ1v) is 8.85. The molecule has 114 valence electrons. The van der Waals surface area contributed by atoms with Gasteiger partial charge in [0, 0.05) is 18.0 Å². The van der Waals surface area contributed by atoms with Crippen LogP contribution in [0.2, 0.25) is 0 Å². The number of piperidine rings is 1. The molecule has 1 aromatic carbocycles. The number of nitriles is 1. The van der Waals surface area contributed by atoms with Crippen LogP contribution in [0.25, 0.3) is 0 Å². The van der Waals surface area contributed by atoms with Gasteiger partial charge < -0.3 is 10.2 Å². The number of hydrogen-bond donors (Lipinski definition) is 1. The van der Waals surface area contributed by atoms with E-state index in [9.17, 15) is 5.26 Å². The normalized spacial score (nSPS) is 16.6. The fraction of sp³-hybridized carbons (Fsp3) is 0.588. The molecular weight excluding hydrogens is 278 g/mol. The highest BCUT2D eigenvalue weighted by Gasteiger charge is 2.15. The van der Waals surface area contributed by atoms with E-state index in [4.69, 9.17) is 0 Å². The summed E-state index contributed by atoms with van der Waals surface area (Å²) in [5.74, 6) is 1.87. The molecule has 1 aliphatic rings. The summed E-state index contributed by atoms with van der Waals surface area (Å²) in [5.41, 5.74) is 1.76. The van der Waals surface area contributed by atoms with Gasteiger partial charge in [-0.25, -0.2) is 0 Å². The smallest absolute Gasteiger partial charge is 0.102 e. The molecule has 0 atom stereocenters. The zero-order valence-corrected chi connectivity index (χ0v) is 13.9. The van der Waals surface area contributed by atoms with Crippen molar-refractivity contribution < 1.29 is 0 Å². The lowest BCUT2D eigenvalue weighted by Crippen LogP contribution is -2.36. The maximum atomic E-state index is 9.39. The average Bonchev–Trinajstić information content (AvgIpc) is 2.50. The molecule has 0 spiro atoms. The van der Waals surface area contributed by atoms with E-state index in [-0.39, 0.29) is 0 Å². The quantitative estimate of drug-likeness (QED) is 0.811. The van der Waals surface area contributed by atoms with E-state index in [1.54, 1.807) is 11.8 Å². The van der Waals surface area contributed by atoms with Crippen molar-refractivity contribution in [1.29, 1.82) is 5.26 Å². The maximum Gasteiger partial charge on any atom is 0.102 e. The summed E-state index contributed by atoms with van der Waals surface area (Å²) in [5, 5.41) is 12.8. The number of thioether (sulfide) groups is 1. The molecule has 0 aliphatic carbocycles. The standard InChI is InChI=1S/C17H25N3S/c1-3-21-17-6-4-5-16(15(17)13-18)19-9-12-20-10-7-14(2)8-11-20/h4-6,14,19H,3,7-12H2,1-2H3. The molecule has 0 amide bonds. The minimum absolute atomic E-state index is 0.789. The lowest BCUT2D eigenvalue weighted by molar-refractivity contribution is 0.199. The third-order valence-corrected chi connectivity index (χ3v) is 5.00. The summed E-state index contributed by atoms with van der Waals surface area (Å²) >= 11 is 1.73. The molecule has 0 unspecified atom stereocenters. The first-order chi connectivity index (χ1) is 10.2. The van der Waals surface area contributed by atoms with Crippen molar-refractivity contribution in [1.82, 2.24) is 4.90 Å². The van der Waals surface area contributed by atoms with Gasteiger partial charge in [-0.2, -0.15) is 5.26 Å². The van der Waals surface area contributed by atoms with Crippen molar-refractivity contribution in [3.63, 3.8) is 0 Å². The van der Waals surface area contributed by atoms with E-state index in [0.29, 0.717) is 0 Å². The summed E-state index contributed by atoms with van der Waals surface area (Å²) < 4.78 is 0. The summed E-state index contributed by atoms with van der Waals surface area (Å²) in [4.78, 5) is 3.60. The van der Waals surface area contributed by atoms with E-state index in [1.807, 2.05) is 18.2 Å². The van der Waals surface area contributed by atoms with Crippen LogP contribution in [0.15, 0.2) is 23.1 Å². The Morgan fingerprint density at radius 3 is 2.81 bits per heavy atom. The summed E-state index contributed by atoms with van der Waals surface area (Å²) in [6.07, 6.45) is 2.62. The van der Waals surface area contributed by atoms with Crippen molar-refractivity contribution in [2.75, 3.05) is 37.2 Å². The number of rotatable bonds is 6. The van der Waals surface area contributed by atoms with Crippen LogP contribution in [0, 0.1) is 17.2 Å². The monoisotopic (exact) mass is 303 g/mol. The highest BCUT2D eigenvalue weighted by atomic mass is 32.2. The molecule has 1 fully saturated rings. The lowest BCUT2D eigenvalue weighted by atomic mass is 9.99. The third kappa shape index (κ3) is 4.66. The number of likely N-dealkylation sites (tertiary alicyclic amines) is 1. The van der Waals surface area contributed by atoms with Crippen molar-refractivity contribution in [3.05, 3.63) is 23.8 Å². The molecule has 1 N–H and O–H groups in total. The van der Waals surface area contributed by atoms with Crippen LogP contribution < -0.4 is 5.32 Å². The van der Waals surface area contributed by atoms with Gasteiger partial charge in [-0.3, -0.25) is 0 Å². The second-order valence-corrected chi connectivity index (χ2v) is 6.98. The van der Waals surface area contributed by atoms with E-state index in [0.717, 1.165) is 40.9 Å². The zero-order valence-electron chi connectivity index (χ0n) is 13.1. The maximum absolute atomic E-state index is 9.39. The van der Waals surface area contributed by atoms with E-state index < -0.39 is 0 Å². The third-order valence-electron chi connectivity index (χ3n) is 4.06. The second kappa shape index (κ2) is 8.31. The van der Waals surface area contributed by atoms with Crippen molar-refractivity contribution in [3.8, 4) is 6.07 Å². The number of nitrogens with zero attached hydrogens (tertiary/aromatic N) is 2. The molecule has 1 saturated heterocycles. The molecule has 0 saturated carbocycles. The van der Waals surface area contributed by atoms with Gasteiger partial charge in [0.1, 0.15) is 6.07 Å². The fourth-order valence-electron chi connectivity index (χ4n) is 2.70. The Balaban J connectivity index is 1.88. The van der Waals surface area contributed by atoms with Crippen molar-refractivity contribution in [2.24, 2.45) is 5.92 Å². The Labute approximate surface area is 132 Å².